The van der Waals surface area contributed by atoms with Crippen LogP contribution in [-0.2, 0) is 0 Å². The fourth-order valence-corrected chi connectivity index (χ4v) is 2.07. The summed E-state index contributed by atoms with van der Waals surface area (Å²) >= 11 is 0. The van der Waals surface area contributed by atoms with Crippen molar-refractivity contribution in [2.24, 2.45) is 0 Å². The maximum Gasteiger partial charge on any atom is 0.335 e. The first kappa shape index (κ1) is 12.7. The molecular formula is C13H17NO4. The lowest BCUT2D eigenvalue weighted by Crippen LogP contribution is -2.21. The summed E-state index contributed by atoms with van der Waals surface area (Å²) in [5.41, 5.74) is 0.197. The van der Waals surface area contributed by atoms with Crippen molar-refractivity contribution < 1.29 is 19.4 Å². The van der Waals surface area contributed by atoms with Crippen molar-refractivity contribution in [3.05, 3.63) is 23.8 Å². The Hall–Kier alpha value is -1.75. The topological polar surface area (TPSA) is 59.0 Å². The van der Waals surface area contributed by atoms with Crippen molar-refractivity contribution in [3.63, 3.8) is 0 Å². The van der Waals surface area contributed by atoms with Gasteiger partial charge in [-0.15, -0.1) is 0 Å². The van der Waals surface area contributed by atoms with Crippen LogP contribution in [0.15, 0.2) is 18.2 Å². The molecule has 1 aromatic carbocycles. The SMILES string of the molecule is COc1cc(C(=O)O)ccc1OC1CCN(C)C1. The van der Waals surface area contributed by atoms with Gasteiger partial charge in [0.05, 0.1) is 12.7 Å². The van der Waals surface area contributed by atoms with Crippen molar-refractivity contribution in [1.29, 1.82) is 0 Å². The van der Waals surface area contributed by atoms with Crippen LogP contribution in [0.2, 0.25) is 0 Å². The van der Waals surface area contributed by atoms with E-state index in [1.165, 1.54) is 19.2 Å². The molecule has 0 bridgehead atoms. The zero-order valence-corrected chi connectivity index (χ0v) is 10.5. The standard InChI is InChI=1S/C13H17NO4/c1-14-6-5-10(8-14)18-11-4-3-9(13(15)16)7-12(11)17-2/h3-4,7,10H,5-6,8H2,1-2H3,(H,15,16). The highest BCUT2D eigenvalue weighted by atomic mass is 16.5. The Kier molecular flexibility index (Phi) is 3.72. The second-order valence-electron chi connectivity index (χ2n) is 4.46. The number of ether oxygens (including phenoxy) is 2. The zero-order valence-electron chi connectivity index (χ0n) is 10.5. The summed E-state index contributed by atoms with van der Waals surface area (Å²) in [6, 6.07) is 4.66. The molecule has 1 saturated heterocycles. The third-order valence-corrected chi connectivity index (χ3v) is 3.05. The molecule has 18 heavy (non-hydrogen) atoms. The van der Waals surface area contributed by atoms with E-state index in [0.717, 1.165) is 19.5 Å². The molecule has 1 aliphatic heterocycles. The Morgan fingerprint density at radius 3 is 2.78 bits per heavy atom. The van der Waals surface area contributed by atoms with Crippen LogP contribution in [0.4, 0.5) is 0 Å². The lowest BCUT2D eigenvalue weighted by atomic mass is 10.2. The minimum Gasteiger partial charge on any atom is -0.493 e. The first-order valence-corrected chi connectivity index (χ1v) is 5.86. The lowest BCUT2D eigenvalue weighted by Gasteiger charge is -2.16. The molecule has 0 spiro atoms. The number of carbonyl (C=O) groups is 1. The summed E-state index contributed by atoms with van der Waals surface area (Å²) in [4.78, 5) is 13.1. The van der Waals surface area contributed by atoms with Crippen LogP contribution in [0.3, 0.4) is 0 Å². The fraction of sp³-hybridized carbons (Fsp3) is 0.462. The molecule has 0 aliphatic carbocycles. The van der Waals surface area contributed by atoms with Gasteiger partial charge in [-0.1, -0.05) is 0 Å². The Bertz CT molecular complexity index is 447. The van der Waals surface area contributed by atoms with E-state index < -0.39 is 5.97 Å². The zero-order chi connectivity index (χ0) is 13.1. The molecule has 0 radical (unpaired) electrons. The minimum absolute atomic E-state index is 0.138. The molecule has 5 heteroatoms. The van der Waals surface area contributed by atoms with E-state index in [2.05, 4.69) is 4.90 Å². The Labute approximate surface area is 106 Å². The number of likely N-dealkylation sites (tertiary alicyclic amines) is 1. The first-order chi connectivity index (χ1) is 8.60. The molecule has 0 saturated carbocycles. The van der Waals surface area contributed by atoms with Gasteiger partial charge in [-0.25, -0.2) is 4.79 Å². The molecule has 0 aromatic heterocycles. The summed E-state index contributed by atoms with van der Waals surface area (Å²) in [5, 5.41) is 8.91. The molecule has 1 atom stereocenters. The van der Waals surface area contributed by atoms with Gasteiger partial charge in [0.25, 0.3) is 0 Å². The number of nitrogens with zero attached hydrogens (tertiary/aromatic N) is 1. The number of likely N-dealkylation sites (N-methyl/N-ethyl adjacent to an activating group) is 1. The average Bonchev–Trinajstić information content (AvgIpc) is 2.75. The van der Waals surface area contributed by atoms with Crippen LogP contribution in [0.1, 0.15) is 16.8 Å². The van der Waals surface area contributed by atoms with Crippen LogP contribution in [0.5, 0.6) is 11.5 Å². The van der Waals surface area contributed by atoms with E-state index in [0.29, 0.717) is 11.5 Å². The third kappa shape index (κ3) is 2.73. The van der Waals surface area contributed by atoms with Crippen LogP contribution in [-0.4, -0.2) is 49.3 Å². The van der Waals surface area contributed by atoms with Gasteiger partial charge in [0.1, 0.15) is 6.10 Å². The van der Waals surface area contributed by atoms with Crippen molar-refractivity contribution in [3.8, 4) is 11.5 Å². The van der Waals surface area contributed by atoms with Crippen LogP contribution in [0, 0.1) is 0 Å². The third-order valence-electron chi connectivity index (χ3n) is 3.05. The van der Waals surface area contributed by atoms with Crippen molar-refractivity contribution >= 4 is 5.97 Å². The van der Waals surface area contributed by atoms with Crippen LogP contribution < -0.4 is 9.47 Å². The van der Waals surface area contributed by atoms with Gasteiger partial charge < -0.3 is 19.5 Å². The smallest absolute Gasteiger partial charge is 0.335 e. The Morgan fingerprint density at radius 1 is 1.44 bits per heavy atom. The number of hydrogen-bond donors (Lipinski definition) is 1. The molecule has 1 N–H and O–H groups in total. The molecule has 1 aromatic rings. The Balaban J connectivity index is 2.14. The maximum atomic E-state index is 10.9. The van der Waals surface area contributed by atoms with Gasteiger partial charge in [0, 0.05) is 13.1 Å². The predicted octanol–water partition coefficient (Wildman–Crippen LogP) is 1.48. The van der Waals surface area contributed by atoms with Crippen LogP contribution in [0.25, 0.3) is 0 Å². The second kappa shape index (κ2) is 5.27. The normalized spacial score (nSPS) is 19.8. The van der Waals surface area contributed by atoms with Crippen LogP contribution >= 0.6 is 0 Å². The van der Waals surface area contributed by atoms with Gasteiger partial charge in [-0.2, -0.15) is 0 Å². The Morgan fingerprint density at radius 2 is 2.22 bits per heavy atom. The maximum absolute atomic E-state index is 10.9. The van der Waals surface area contributed by atoms with Gasteiger partial charge in [0.15, 0.2) is 11.5 Å². The van der Waals surface area contributed by atoms with Gasteiger partial charge in [0.2, 0.25) is 0 Å². The molecule has 98 valence electrons. The number of carboxylic acid groups (broad SMARTS) is 1. The summed E-state index contributed by atoms with van der Waals surface area (Å²) in [6.45, 7) is 1.89. The van der Waals surface area contributed by atoms with E-state index in [1.54, 1.807) is 6.07 Å². The molecule has 2 rings (SSSR count). The highest BCUT2D eigenvalue weighted by Gasteiger charge is 2.22. The number of carboxylic acids is 1. The van der Waals surface area contributed by atoms with Gasteiger partial charge >= 0.3 is 5.97 Å². The van der Waals surface area contributed by atoms with Crippen molar-refractivity contribution in [2.45, 2.75) is 12.5 Å². The summed E-state index contributed by atoms with van der Waals surface area (Å²) in [5.74, 6) is 0.0905. The molecule has 5 nitrogen and oxygen atoms in total. The van der Waals surface area contributed by atoms with E-state index in [4.69, 9.17) is 14.6 Å². The predicted molar refractivity (Wildman–Crippen MR) is 66.5 cm³/mol. The monoisotopic (exact) mass is 251 g/mol. The quantitative estimate of drug-likeness (QED) is 0.878. The average molecular weight is 251 g/mol. The highest BCUT2D eigenvalue weighted by molar-refractivity contribution is 5.88. The summed E-state index contributed by atoms with van der Waals surface area (Å²) < 4.78 is 11.0. The van der Waals surface area contributed by atoms with Crippen molar-refractivity contribution in [1.82, 2.24) is 4.90 Å². The van der Waals surface area contributed by atoms with E-state index in [1.807, 2.05) is 7.05 Å². The fourth-order valence-electron chi connectivity index (χ4n) is 2.07. The molecular weight excluding hydrogens is 234 g/mol. The number of hydrogen-bond acceptors (Lipinski definition) is 4. The van der Waals surface area contributed by atoms with E-state index in [9.17, 15) is 4.79 Å². The van der Waals surface area contributed by atoms with Crippen molar-refractivity contribution in [2.75, 3.05) is 27.2 Å². The van der Waals surface area contributed by atoms with E-state index >= 15 is 0 Å². The van der Waals surface area contributed by atoms with Gasteiger partial charge in [-0.05, 0) is 31.7 Å². The molecule has 0 amide bonds. The largest absolute Gasteiger partial charge is 0.493 e. The molecule has 1 heterocycles. The van der Waals surface area contributed by atoms with Gasteiger partial charge in [-0.3, -0.25) is 0 Å². The second-order valence-corrected chi connectivity index (χ2v) is 4.46. The minimum atomic E-state index is -0.972. The number of benzene rings is 1. The summed E-state index contributed by atoms with van der Waals surface area (Å²) in [6.07, 6.45) is 1.11. The number of methoxy groups -OCH3 is 1. The summed E-state index contributed by atoms with van der Waals surface area (Å²) in [7, 11) is 3.56. The molecule has 1 unspecified atom stereocenters. The molecule has 1 fully saturated rings. The lowest BCUT2D eigenvalue weighted by molar-refractivity contribution is 0.0696. The first-order valence-electron chi connectivity index (χ1n) is 5.86. The number of rotatable bonds is 4. The molecule has 1 aliphatic rings. The number of aromatic carboxylic acids is 1. The highest BCUT2D eigenvalue weighted by Crippen LogP contribution is 2.30. The van der Waals surface area contributed by atoms with E-state index in [-0.39, 0.29) is 11.7 Å².